The maximum atomic E-state index is 12.2. The van der Waals surface area contributed by atoms with E-state index in [1.165, 1.54) is 12.1 Å². The van der Waals surface area contributed by atoms with Gasteiger partial charge in [0.1, 0.15) is 26.9 Å². The Morgan fingerprint density at radius 1 is 0.897 bits per heavy atom. The Morgan fingerprint density at radius 3 is 2.13 bits per heavy atom. The molecular weight excluding hydrogens is 600 g/mol. The summed E-state index contributed by atoms with van der Waals surface area (Å²) in [6.07, 6.45) is 0. The van der Waals surface area contributed by atoms with Crippen LogP contribution in [0, 0.1) is 0 Å². The molecule has 0 aliphatic carbocycles. The van der Waals surface area contributed by atoms with Crippen molar-refractivity contribution in [3.63, 3.8) is 0 Å². The van der Waals surface area contributed by atoms with Crippen LogP contribution >= 0.6 is 11.6 Å². The fourth-order valence-corrected chi connectivity index (χ4v) is 6.20. The van der Waals surface area contributed by atoms with E-state index in [4.69, 9.17) is 11.6 Å². The summed E-state index contributed by atoms with van der Waals surface area (Å²) in [6, 6.07) is 8.26. The zero-order valence-corrected chi connectivity index (χ0v) is 23.1. The molecule has 18 heteroatoms. The third kappa shape index (κ3) is 7.40. The van der Waals surface area contributed by atoms with Gasteiger partial charge in [0.05, 0.1) is 5.75 Å². The molecule has 3 aromatic carbocycles. The first-order chi connectivity index (χ1) is 18.1. The number of nitrogens with one attached hydrogen (secondary N) is 2. The van der Waals surface area contributed by atoms with E-state index in [0.29, 0.717) is 5.69 Å². The molecule has 39 heavy (non-hydrogen) atoms. The molecular formula is C21H21ClN4O10S3. The van der Waals surface area contributed by atoms with Crippen LogP contribution in [0.1, 0.15) is 0 Å². The van der Waals surface area contributed by atoms with E-state index in [9.17, 15) is 44.3 Å². The number of anilines is 2. The molecule has 0 bridgehead atoms. The van der Waals surface area contributed by atoms with Crippen molar-refractivity contribution in [3.8, 4) is 5.75 Å². The summed E-state index contributed by atoms with van der Waals surface area (Å²) in [7, 11) is -12.1. The molecule has 0 heterocycles. The first-order valence-electron chi connectivity index (χ1n) is 10.6. The number of nitrogens with zero attached hydrogens (tertiary/aromatic N) is 2. The number of azo groups is 1. The summed E-state index contributed by atoms with van der Waals surface area (Å²) in [6.45, 7) is 0. The predicted molar refractivity (Wildman–Crippen MR) is 143 cm³/mol. The number of aromatic hydroxyl groups is 1. The van der Waals surface area contributed by atoms with Crippen LogP contribution in [0.3, 0.4) is 0 Å². The second-order valence-corrected chi connectivity index (χ2v) is 13.3. The smallest absolute Gasteiger partial charge is 0.296 e. The lowest BCUT2D eigenvalue weighted by molar-refractivity contribution is -0.113. The minimum Gasteiger partial charge on any atom is -0.505 e. The van der Waals surface area contributed by atoms with Gasteiger partial charge in [-0.1, -0.05) is 0 Å². The van der Waals surface area contributed by atoms with E-state index in [0.717, 1.165) is 24.3 Å². The van der Waals surface area contributed by atoms with Crippen molar-refractivity contribution in [1.29, 1.82) is 0 Å². The molecule has 0 radical (unpaired) electrons. The molecule has 1 amide bonds. The van der Waals surface area contributed by atoms with Crippen molar-refractivity contribution in [1.82, 2.24) is 0 Å². The van der Waals surface area contributed by atoms with Gasteiger partial charge in [-0.2, -0.15) is 16.8 Å². The largest absolute Gasteiger partial charge is 0.505 e. The molecule has 3 aromatic rings. The van der Waals surface area contributed by atoms with Crippen molar-refractivity contribution in [2.75, 3.05) is 35.1 Å². The Balaban J connectivity index is 2.13. The van der Waals surface area contributed by atoms with E-state index < -0.39 is 74.4 Å². The second-order valence-electron chi connectivity index (χ2n) is 7.92. The zero-order chi connectivity index (χ0) is 29.2. The molecule has 0 aromatic heterocycles. The number of carbonyl (C=O) groups excluding carboxylic acids is 1. The molecule has 0 saturated carbocycles. The molecule has 0 saturated heterocycles. The van der Waals surface area contributed by atoms with E-state index in [-0.39, 0.29) is 22.3 Å². The van der Waals surface area contributed by atoms with Gasteiger partial charge in [-0.05, 0) is 47.9 Å². The molecule has 210 valence electrons. The van der Waals surface area contributed by atoms with E-state index in [1.54, 1.807) is 13.1 Å². The van der Waals surface area contributed by atoms with Gasteiger partial charge < -0.3 is 15.7 Å². The van der Waals surface area contributed by atoms with Crippen LogP contribution in [0.2, 0.25) is 0 Å². The summed E-state index contributed by atoms with van der Waals surface area (Å²) >= 11 is 5.40. The van der Waals surface area contributed by atoms with Crippen LogP contribution in [-0.4, -0.2) is 69.8 Å². The van der Waals surface area contributed by atoms with Crippen molar-refractivity contribution >= 4 is 81.1 Å². The van der Waals surface area contributed by atoms with Crippen LogP contribution in [0.4, 0.5) is 22.7 Å². The van der Waals surface area contributed by atoms with Crippen molar-refractivity contribution in [2.24, 2.45) is 10.2 Å². The predicted octanol–water partition coefficient (Wildman–Crippen LogP) is 3.09. The maximum Gasteiger partial charge on any atom is 0.296 e. The van der Waals surface area contributed by atoms with Crippen molar-refractivity contribution in [2.45, 2.75) is 9.79 Å². The Bertz CT molecular complexity index is 1810. The highest BCUT2D eigenvalue weighted by molar-refractivity contribution is 7.92. The third-order valence-electron chi connectivity index (χ3n) is 5.14. The molecule has 3 rings (SSSR count). The standard InChI is InChI=1S/C21H21ClN4O10S3/c1-23-13-2-4-15-12(8-13)9-18(39(34,35)36)20(21(15)28)26-25-16-10-14(3-5-17(16)38(31,32)33)24-19(27)11-37(29,30)7-6-22/h2-5,8-10,23,28H,6-7,11H2,1H3,(H,24,27)(H,31,32,33)(H,34,35,36). The Hall–Kier alpha value is -3.35. The van der Waals surface area contributed by atoms with Gasteiger partial charge in [-0.3, -0.25) is 13.9 Å². The number of hydrogen-bond acceptors (Lipinski definition) is 11. The Morgan fingerprint density at radius 2 is 1.54 bits per heavy atom. The highest BCUT2D eigenvalue weighted by Crippen LogP contribution is 2.42. The number of amides is 1. The first kappa shape index (κ1) is 30.2. The number of phenols is 1. The van der Waals surface area contributed by atoms with Gasteiger partial charge in [0.2, 0.25) is 5.91 Å². The highest BCUT2D eigenvalue weighted by atomic mass is 35.5. The fourth-order valence-electron chi connectivity index (χ4n) is 3.38. The number of hydrogen-bond donors (Lipinski definition) is 5. The number of halogens is 1. The number of fused-ring (bicyclic) bond motifs is 1. The molecule has 0 spiro atoms. The highest BCUT2D eigenvalue weighted by Gasteiger charge is 2.23. The van der Waals surface area contributed by atoms with E-state index in [2.05, 4.69) is 20.9 Å². The minimum absolute atomic E-state index is 0.115. The summed E-state index contributed by atoms with van der Waals surface area (Å²) < 4.78 is 90.8. The Kier molecular flexibility index (Phi) is 8.83. The van der Waals surface area contributed by atoms with Crippen LogP contribution < -0.4 is 10.6 Å². The van der Waals surface area contributed by atoms with Crippen LogP contribution in [0.5, 0.6) is 5.75 Å². The quantitative estimate of drug-likeness (QED) is 0.126. The van der Waals surface area contributed by atoms with Crippen LogP contribution in [0.25, 0.3) is 10.8 Å². The molecule has 14 nitrogen and oxygen atoms in total. The fraction of sp³-hybridized carbons (Fsp3) is 0.190. The average molecular weight is 621 g/mol. The lowest BCUT2D eigenvalue weighted by Gasteiger charge is -2.11. The topological polar surface area (TPSA) is 229 Å². The lowest BCUT2D eigenvalue weighted by Crippen LogP contribution is -2.25. The summed E-state index contributed by atoms with van der Waals surface area (Å²) in [4.78, 5) is 10.5. The second kappa shape index (κ2) is 11.4. The summed E-state index contributed by atoms with van der Waals surface area (Å²) in [5.41, 5.74) is -0.959. The number of sulfone groups is 1. The number of benzene rings is 3. The minimum atomic E-state index is -4.98. The van der Waals surface area contributed by atoms with Gasteiger partial charge in [-0.25, -0.2) is 8.42 Å². The zero-order valence-electron chi connectivity index (χ0n) is 19.9. The number of alkyl halides is 1. The molecule has 0 aliphatic rings. The summed E-state index contributed by atoms with van der Waals surface area (Å²) in [5, 5.41) is 23.4. The molecule has 0 fully saturated rings. The van der Waals surface area contributed by atoms with Gasteiger partial charge in [0, 0.05) is 29.7 Å². The van der Waals surface area contributed by atoms with Gasteiger partial charge in [0.15, 0.2) is 15.6 Å². The number of rotatable bonds is 10. The number of carbonyl (C=O) groups is 1. The molecule has 5 N–H and O–H groups in total. The van der Waals surface area contributed by atoms with Crippen molar-refractivity contribution < 1.29 is 44.3 Å². The lowest BCUT2D eigenvalue weighted by atomic mass is 10.1. The normalized spacial score (nSPS) is 12.6. The summed E-state index contributed by atoms with van der Waals surface area (Å²) in [5.74, 6) is -3.30. The van der Waals surface area contributed by atoms with Crippen LogP contribution in [0.15, 0.2) is 62.5 Å². The molecule has 0 unspecified atom stereocenters. The van der Waals surface area contributed by atoms with Crippen molar-refractivity contribution in [3.05, 3.63) is 42.5 Å². The van der Waals surface area contributed by atoms with Gasteiger partial charge in [-0.15, -0.1) is 21.8 Å². The monoisotopic (exact) mass is 620 g/mol. The third-order valence-corrected chi connectivity index (χ3v) is 8.84. The van der Waals surface area contributed by atoms with E-state index in [1.807, 2.05) is 0 Å². The number of phenolic OH excluding ortho intramolecular Hbond substituents is 1. The Labute approximate surface area is 228 Å². The maximum absolute atomic E-state index is 12.2. The first-order valence-corrected chi connectivity index (χ1v) is 15.8. The molecule has 0 atom stereocenters. The SMILES string of the molecule is CNc1ccc2c(O)c(N=Nc3cc(NC(=O)CS(=O)(=O)CCCl)ccc3S(=O)(=O)O)c(S(=O)(=O)O)cc2c1. The van der Waals surface area contributed by atoms with E-state index >= 15 is 0 Å². The average Bonchev–Trinajstić information content (AvgIpc) is 2.81. The van der Waals surface area contributed by atoms with Crippen LogP contribution in [-0.2, 0) is 34.9 Å². The van der Waals surface area contributed by atoms with Gasteiger partial charge >= 0.3 is 0 Å². The molecule has 0 aliphatic heterocycles. The van der Waals surface area contributed by atoms with Gasteiger partial charge in [0.25, 0.3) is 20.2 Å².